The summed E-state index contributed by atoms with van der Waals surface area (Å²) in [7, 11) is 1.68. The minimum atomic E-state index is -0.863. The lowest BCUT2D eigenvalue weighted by Crippen LogP contribution is -2.47. The first kappa shape index (κ1) is 14.1. The summed E-state index contributed by atoms with van der Waals surface area (Å²) in [6, 6.07) is -0.355. The highest BCUT2D eigenvalue weighted by atomic mass is 16.5. The maximum Gasteiger partial charge on any atom is 0.315 e. The van der Waals surface area contributed by atoms with E-state index in [0.29, 0.717) is 5.92 Å². The van der Waals surface area contributed by atoms with Crippen LogP contribution in [0.2, 0.25) is 0 Å². The van der Waals surface area contributed by atoms with Crippen molar-refractivity contribution in [3.05, 3.63) is 0 Å². The van der Waals surface area contributed by atoms with E-state index in [1.165, 1.54) is 0 Å². The molecule has 3 atom stereocenters. The lowest BCUT2D eigenvalue weighted by Gasteiger charge is -2.19. The fourth-order valence-electron chi connectivity index (χ4n) is 2.70. The van der Waals surface area contributed by atoms with Gasteiger partial charge in [-0.3, -0.25) is 4.79 Å². The van der Waals surface area contributed by atoms with Gasteiger partial charge < -0.3 is 20.5 Å². The van der Waals surface area contributed by atoms with E-state index in [0.717, 1.165) is 32.1 Å². The Morgan fingerprint density at radius 1 is 1.32 bits per heavy atom. The molecule has 2 amide bonds. The normalized spacial score (nSPS) is 27.8. The third kappa shape index (κ3) is 4.38. The molecule has 3 N–H and O–H groups in total. The van der Waals surface area contributed by atoms with Crippen molar-refractivity contribution in [3.63, 3.8) is 0 Å². The molecular weight excluding hydrogens is 248 g/mol. The zero-order valence-electron chi connectivity index (χ0n) is 11.2. The van der Waals surface area contributed by atoms with E-state index in [-0.39, 0.29) is 30.6 Å². The Kier molecular flexibility index (Phi) is 4.63. The van der Waals surface area contributed by atoms with Gasteiger partial charge in [0.25, 0.3) is 0 Å². The topological polar surface area (TPSA) is 87.7 Å². The summed E-state index contributed by atoms with van der Waals surface area (Å²) in [4.78, 5) is 22.6. The van der Waals surface area contributed by atoms with Gasteiger partial charge in [-0.25, -0.2) is 4.79 Å². The number of urea groups is 1. The summed E-state index contributed by atoms with van der Waals surface area (Å²) in [6.07, 6.45) is 4.95. The molecule has 0 spiro atoms. The van der Waals surface area contributed by atoms with Crippen molar-refractivity contribution in [2.75, 3.05) is 7.11 Å². The minimum absolute atomic E-state index is 0.00342. The predicted molar refractivity (Wildman–Crippen MR) is 68.9 cm³/mol. The van der Waals surface area contributed by atoms with E-state index in [1.807, 2.05) is 0 Å². The average molecular weight is 270 g/mol. The number of carbonyl (C=O) groups is 2. The first-order chi connectivity index (χ1) is 9.08. The van der Waals surface area contributed by atoms with Gasteiger partial charge in [-0.1, -0.05) is 0 Å². The Hall–Kier alpha value is -1.30. The largest absolute Gasteiger partial charge is 0.481 e. The van der Waals surface area contributed by atoms with E-state index in [4.69, 9.17) is 9.84 Å². The van der Waals surface area contributed by atoms with Crippen LogP contribution in [0.4, 0.5) is 4.79 Å². The fraction of sp³-hybridized carbons (Fsp3) is 0.846. The van der Waals surface area contributed by atoms with Crippen LogP contribution in [0.15, 0.2) is 0 Å². The zero-order chi connectivity index (χ0) is 13.8. The Morgan fingerprint density at radius 2 is 2.05 bits per heavy atom. The fourth-order valence-corrected chi connectivity index (χ4v) is 2.70. The summed E-state index contributed by atoms with van der Waals surface area (Å²) in [5.74, 6) is -0.533. The second kappa shape index (κ2) is 6.23. The number of hydrogen-bond donors (Lipinski definition) is 3. The molecule has 2 saturated carbocycles. The van der Waals surface area contributed by atoms with Crippen LogP contribution in [0.1, 0.15) is 38.5 Å². The molecule has 0 radical (unpaired) electrons. The van der Waals surface area contributed by atoms with Gasteiger partial charge in [0.2, 0.25) is 0 Å². The molecule has 0 aromatic heterocycles. The number of carbonyl (C=O) groups excluding carboxylic acids is 1. The van der Waals surface area contributed by atoms with Gasteiger partial charge in [0.15, 0.2) is 0 Å². The molecule has 6 nitrogen and oxygen atoms in total. The predicted octanol–water partition coefficient (Wildman–Crippen LogP) is 1.11. The number of methoxy groups -OCH3 is 1. The number of carboxylic acids is 1. The van der Waals surface area contributed by atoms with Gasteiger partial charge in [0.05, 0.1) is 12.5 Å². The SMILES string of the molecule is COC1CCC(NC(=O)NC(CC(=O)O)C2CC2)C1. The van der Waals surface area contributed by atoms with Crippen molar-refractivity contribution in [2.24, 2.45) is 5.92 Å². The molecule has 0 bridgehead atoms. The quantitative estimate of drug-likeness (QED) is 0.674. The summed E-state index contributed by atoms with van der Waals surface area (Å²) in [6.45, 7) is 0. The van der Waals surface area contributed by atoms with Crippen LogP contribution in [0.25, 0.3) is 0 Å². The van der Waals surface area contributed by atoms with E-state index >= 15 is 0 Å². The summed E-state index contributed by atoms with van der Waals surface area (Å²) >= 11 is 0. The van der Waals surface area contributed by atoms with E-state index in [2.05, 4.69) is 10.6 Å². The van der Waals surface area contributed by atoms with Crippen LogP contribution in [0, 0.1) is 5.92 Å². The third-order valence-electron chi connectivity index (χ3n) is 3.96. The molecular formula is C13H22N2O4. The monoisotopic (exact) mass is 270 g/mol. The Labute approximate surface area is 112 Å². The highest BCUT2D eigenvalue weighted by Crippen LogP contribution is 2.34. The maximum atomic E-state index is 11.9. The Balaban J connectivity index is 1.74. The van der Waals surface area contributed by atoms with Gasteiger partial charge >= 0.3 is 12.0 Å². The lowest BCUT2D eigenvalue weighted by atomic mass is 10.1. The maximum absolute atomic E-state index is 11.9. The van der Waals surface area contributed by atoms with Crippen molar-refractivity contribution < 1.29 is 19.4 Å². The van der Waals surface area contributed by atoms with Crippen LogP contribution in [0.5, 0.6) is 0 Å². The Morgan fingerprint density at radius 3 is 2.58 bits per heavy atom. The molecule has 2 fully saturated rings. The summed E-state index contributed by atoms with van der Waals surface area (Å²) in [5, 5.41) is 14.5. The van der Waals surface area contributed by atoms with Gasteiger partial charge in [-0.2, -0.15) is 0 Å². The molecule has 2 aliphatic rings. The third-order valence-corrected chi connectivity index (χ3v) is 3.96. The standard InChI is InChI=1S/C13H22N2O4/c1-19-10-5-4-9(6-10)14-13(18)15-11(7-12(16)17)8-2-3-8/h8-11H,2-7H2,1H3,(H,16,17)(H2,14,15,18). The molecule has 0 aliphatic heterocycles. The molecule has 19 heavy (non-hydrogen) atoms. The van der Waals surface area contributed by atoms with Gasteiger partial charge in [-0.15, -0.1) is 0 Å². The molecule has 6 heteroatoms. The zero-order valence-corrected chi connectivity index (χ0v) is 11.2. The Bertz CT molecular complexity index is 344. The molecule has 2 rings (SSSR count). The van der Waals surface area contributed by atoms with Crippen molar-refractivity contribution in [1.29, 1.82) is 0 Å². The highest BCUT2D eigenvalue weighted by Gasteiger charge is 2.34. The van der Waals surface area contributed by atoms with Crippen LogP contribution >= 0.6 is 0 Å². The van der Waals surface area contributed by atoms with Crippen molar-refractivity contribution in [2.45, 2.75) is 56.7 Å². The second-order valence-corrected chi connectivity index (χ2v) is 5.53. The van der Waals surface area contributed by atoms with Crippen LogP contribution in [0.3, 0.4) is 0 Å². The number of nitrogens with one attached hydrogen (secondary N) is 2. The van der Waals surface area contributed by atoms with E-state index in [9.17, 15) is 9.59 Å². The van der Waals surface area contributed by atoms with Crippen LogP contribution in [-0.4, -0.2) is 42.4 Å². The number of aliphatic carboxylic acids is 1. The molecule has 0 aromatic carbocycles. The summed E-state index contributed by atoms with van der Waals surface area (Å²) in [5.41, 5.74) is 0. The van der Waals surface area contributed by atoms with Gasteiger partial charge in [0, 0.05) is 19.2 Å². The first-order valence-corrected chi connectivity index (χ1v) is 6.90. The molecule has 108 valence electrons. The first-order valence-electron chi connectivity index (χ1n) is 6.90. The van der Waals surface area contributed by atoms with Crippen molar-refractivity contribution >= 4 is 12.0 Å². The highest BCUT2D eigenvalue weighted by molar-refractivity contribution is 5.76. The second-order valence-electron chi connectivity index (χ2n) is 5.53. The number of carboxylic acid groups (broad SMARTS) is 1. The van der Waals surface area contributed by atoms with Crippen LogP contribution in [-0.2, 0) is 9.53 Å². The number of ether oxygens (including phenoxy) is 1. The summed E-state index contributed by atoms with van der Waals surface area (Å²) < 4.78 is 5.26. The number of amides is 2. The van der Waals surface area contributed by atoms with Crippen LogP contribution < -0.4 is 10.6 Å². The molecule has 2 aliphatic carbocycles. The van der Waals surface area contributed by atoms with Crippen molar-refractivity contribution in [3.8, 4) is 0 Å². The van der Waals surface area contributed by atoms with Gasteiger partial charge in [-0.05, 0) is 38.0 Å². The minimum Gasteiger partial charge on any atom is -0.481 e. The van der Waals surface area contributed by atoms with E-state index in [1.54, 1.807) is 7.11 Å². The molecule has 0 aromatic rings. The average Bonchev–Trinajstić information content (AvgIpc) is 3.09. The molecule has 0 saturated heterocycles. The van der Waals surface area contributed by atoms with Gasteiger partial charge in [0.1, 0.15) is 0 Å². The lowest BCUT2D eigenvalue weighted by molar-refractivity contribution is -0.137. The van der Waals surface area contributed by atoms with Crippen molar-refractivity contribution in [1.82, 2.24) is 10.6 Å². The number of rotatable bonds is 6. The van der Waals surface area contributed by atoms with E-state index < -0.39 is 5.97 Å². The number of hydrogen-bond acceptors (Lipinski definition) is 3. The molecule has 3 unspecified atom stereocenters. The molecule has 0 heterocycles. The smallest absolute Gasteiger partial charge is 0.315 e.